The summed E-state index contributed by atoms with van der Waals surface area (Å²) in [6, 6.07) is 1.66. The Balaban J connectivity index is 2.06. The lowest BCUT2D eigenvalue weighted by molar-refractivity contribution is 0.0951. The number of hydrazine groups is 1. The fourth-order valence-electron chi connectivity index (χ4n) is 1.54. The maximum atomic E-state index is 12.0. The quantitative estimate of drug-likeness (QED) is 0.578. The van der Waals surface area contributed by atoms with Gasteiger partial charge >= 0.3 is 0 Å². The van der Waals surface area contributed by atoms with E-state index in [1.807, 2.05) is 12.3 Å². The number of amides is 1. The Labute approximate surface area is 109 Å². The molecule has 2 aromatic heterocycles. The number of nitrogens with two attached hydrogens (primary N) is 1. The van der Waals surface area contributed by atoms with Crippen molar-refractivity contribution in [3.8, 4) is 0 Å². The number of nitrogens with one attached hydrogen (secondary N) is 2. The Bertz CT molecular complexity index is 553. The first-order chi connectivity index (χ1) is 8.72. The molecule has 0 aromatic carbocycles. The van der Waals surface area contributed by atoms with Crippen molar-refractivity contribution in [1.82, 2.24) is 10.3 Å². The highest BCUT2D eigenvalue weighted by Crippen LogP contribution is 2.15. The van der Waals surface area contributed by atoms with Crippen molar-refractivity contribution in [2.75, 3.05) is 5.43 Å². The summed E-state index contributed by atoms with van der Waals surface area (Å²) in [5.74, 6) is 5.15. The second-order valence-electron chi connectivity index (χ2n) is 3.83. The number of thiophene rings is 1. The summed E-state index contributed by atoms with van der Waals surface area (Å²) < 4.78 is 0. The lowest BCUT2D eigenvalue weighted by Crippen LogP contribution is -2.25. The van der Waals surface area contributed by atoms with E-state index in [0.717, 1.165) is 5.56 Å². The number of nitrogens with zero attached hydrogens (tertiary/aromatic N) is 1. The van der Waals surface area contributed by atoms with Crippen LogP contribution in [0.5, 0.6) is 0 Å². The smallest absolute Gasteiger partial charge is 0.255 e. The molecule has 6 heteroatoms. The lowest BCUT2D eigenvalue weighted by Gasteiger charge is -2.08. The number of carbonyl (C=O) groups excluding carboxylic acids is 1. The molecule has 0 aliphatic heterocycles. The molecule has 5 nitrogen and oxygen atoms in total. The predicted octanol–water partition coefficient (Wildman–Crippen LogP) is 1.67. The van der Waals surface area contributed by atoms with E-state index in [2.05, 4.69) is 21.1 Å². The van der Waals surface area contributed by atoms with Gasteiger partial charge in [0.1, 0.15) is 0 Å². The SMILES string of the molecule is Cc1cscc1CNC(=O)c1cnccc1NN. The summed E-state index contributed by atoms with van der Waals surface area (Å²) in [5, 5.41) is 6.93. The first-order valence-electron chi connectivity index (χ1n) is 5.43. The predicted molar refractivity (Wildman–Crippen MR) is 72.3 cm³/mol. The molecule has 0 saturated heterocycles. The van der Waals surface area contributed by atoms with E-state index in [9.17, 15) is 4.79 Å². The van der Waals surface area contributed by atoms with Crippen molar-refractivity contribution in [3.63, 3.8) is 0 Å². The average molecular weight is 262 g/mol. The maximum Gasteiger partial charge on any atom is 0.255 e. The Hall–Kier alpha value is -1.92. The number of carbonyl (C=O) groups is 1. The number of aryl methyl sites for hydroxylation is 1. The molecule has 2 rings (SSSR count). The molecule has 0 spiro atoms. The highest BCUT2D eigenvalue weighted by molar-refractivity contribution is 7.08. The summed E-state index contributed by atoms with van der Waals surface area (Å²) >= 11 is 1.63. The largest absolute Gasteiger partial charge is 0.348 e. The van der Waals surface area contributed by atoms with Crippen LogP contribution in [0.15, 0.2) is 29.2 Å². The first-order valence-corrected chi connectivity index (χ1v) is 6.37. The number of hydrogen-bond acceptors (Lipinski definition) is 5. The number of aromatic nitrogens is 1. The summed E-state index contributed by atoms with van der Waals surface area (Å²) in [7, 11) is 0. The number of hydrogen-bond donors (Lipinski definition) is 3. The molecule has 0 unspecified atom stereocenters. The van der Waals surface area contributed by atoms with Crippen molar-refractivity contribution in [2.45, 2.75) is 13.5 Å². The Morgan fingerprint density at radius 3 is 3.00 bits per heavy atom. The van der Waals surface area contributed by atoms with E-state index >= 15 is 0 Å². The first kappa shape index (κ1) is 12.5. The van der Waals surface area contributed by atoms with Gasteiger partial charge in [-0.2, -0.15) is 11.3 Å². The molecule has 0 saturated carbocycles. The lowest BCUT2D eigenvalue weighted by atomic mass is 10.2. The van der Waals surface area contributed by atoms with E-state index < -0.39 is 0 Å². The molecule has 0 aliphatic rings. The van der Waals surface area contributed by atoms with Crippen molar-refractivity contribution < 1.29 is 4.79 Å². The zero-order chi connectivity index (χ0) is 13.0. The van der Waals surface area contributed by atoms with E-state index in [4.69, 9.17) is 5.84 Å². The van der Waals surface area contributed by atoms with E-state index in [-0.39, 0.29) is 5.91 Å². The van der Waals surface area contributed by atoms with Crippen LogP contribution >= 0.6 is 11.3 Å². The maximum absolute atomic E-state index is 12.0. The second-order valence-corrected chi connectivity index (χ2v) is 4.57. The van der Waals surface area contributed by atoms with Crippen LogP contribution in [0.25, 0.3) is 0 Å². The fourth-order valence-corrected chi connectivity index (χ4v) is 2.40. The summed E-state index contributed by atoms with van der Waals surface area (Å²) in [5.41, 5.74) is 5.79. The molecular formula is C12H14N4OS. The summed E-state index contributed by atoms with van der Waals surface area (Å²) in [6.45, 7) is 2.53. The van der Waals surface area contributed by atoms with Crippen LogP contribution in [0.4, 0.5) is 5.69 Å². The van der Waals surface area contributed by atoms with Crippen molar-refractivity contribution >= 4 is 22.9 Å². The molecular weight excluding hydrogens is 248 g/mol. The monoisotopic (exact) mass is 262 g/mol. The minimum atomic E-state index is -0.193. The molecule has 18 heavy (non-hydrogen) atoms. The molecule has 1 amide bonds. The average Bonchev–Trinajstić information content (AvgIpc) is 2.81. The van der Waals surface area contributed by atoms with Crippen molar-refractivity contribution in [2.24, 2.45) is 5.84 Å². The Morgan fingerprint density at radius 1 is 1.50 bits per heavy atom. The number of anilines is 1. The molecule has 2 heterocycles. The molecule has 0 radical (unpaired) electrons. The zero-order valence-electron chi connectivity index (χ0n) is 9.93. The van der Waals surface area contributed by atoms with Gasteiger partial charge in [0, 0.05) is 18.9 Å². The molecule has 4 N–H and O–H groups in total. The third-order valence-electron chi connectivity index (χ3n) is 2.62. The van der Waals surface area contributed by atoms with Gasteiger partial charge in [-0.1, -0.05) is 0 Å². The Kier molecular flexibility index (Phi) is 3.91. The number of pyridine rings is 1. The highest BCUT2D eigenvalue weighted by atomic mass is 32.1. The van der Waals surface area contributed by atoms with E-state index in [1.54, 1.807) is 23.6 Å². The van der Waals surface area contributed by atoms with Crippen LogP contribution in [0.3, 0.4) is 0 Å². The van der Waals surface area contributed by atoms with Gasteiger partial charge in [0.15, 0.2) is 0 Å². The van der Waals surface area contributed by atoms with Crippen LogP contribution in [-0.4, -0.2) is 10.9 Å². The molecule has 94 valence electrons. The van der Waals surface area contributed by atoms with Crippen LogP contribution in [-0.2, 0) is 6.54 Å². The van der Waals surface area contributed by atoms with Gasteiger partial charge in [-0.05, 0) is 34.9 Å². The Morgan fingerprint density at radius 2 is 2.33 bits per heavy atom. The van der Waals surface area contributed by atoms with Crippen LogP contribution in [0.2, 0.25) is 0 Å². The standard InChI is InChI=1S/C12H14N4OS/c1-8-6-18-7-9(8)4-15-12(17)10-5-14-3-2-11(10)16-13/h2-3,5-7H,4,13H2,1H3,(H,14,16)(H,15,17). The molecule has 0 atom stereocenters. The second kappa shape index (κ2) is 5.61. The molecule has 2 aromatic rings. The van der Waals surface area contributed by atoms with Gasteiger partial charge in [-0.15, -0.1) is 0 Å². The van der Waals surface area contributed by atoms with Crippen molar-refractivity contribution in [1.29, 1.82) is 0 Å². The summed E-state index contributed by atoms with van der Waals surface area (Å²) in [4.78, 5) is 15.9. The van der Waals surface area contributed by atoms with Crippen LogP contribution < -0.4 is 16.6 Å². The number of nitrogen functional groups attached to an aromatic ring is 1. The third-order valence-corrected chi connectivity index (χ3v) is 3.53. The van der Waals surface area contributed by atoms with E-state index in [0.29, 0.717) is 17.8 Å². The third kappa shape index (κ3) is 2.66. The van der Waals surface area contributed by atoms with Gasteiger partial charge in [0.25, 0.3) is 5.91 Å². The minimum absolute atomic E-state index is 0.193. The van der Waals surface area contributed by atoms with Crippen molar-refractivity contribution in [3.05, 3.63) is 45.9 Å². The van der Waals surface area contributed by atoms with Gasteiger partial charge in [-0.3, -0.25) is 15.6 Å². The molecule has 0 bridgehead atoms. The summed E-state index contributed by atoms with van der Waals surface area (Å²) in [6.07, 6.45) is 3.07. The molecule has 0 aliphatic carbocycles. The van der Waals surface area contributed by atoms with Gasteiger partial charge in [0.2, 0.25) is 0 Å². The normalized spacial score (nSPS) is 10.1. The highest BCUT2D eigenvalue weighted by Gasteiger charge is 2.11. The molecule has 0 fully saturated rings. The number of rotatable bonds is 4. The minimum Gasteiger partial charge on any atom is -0.348 e. The van der Waals surface area contributed by atoms with Gasteiger partial charge < -0.3 is 10.7 Å². The van der Waals surface area contributed by atoms with Crippen LogP contribution in [0, 0.1) is 6.92 Å². The van der Waals surface area contributed by atoms with E-state index in [1.165, 1.54) is 11.8 Å². The fraction of sp³-hybridized carbons (Fsp3) is 0.167. The zero-order valence-corrected chi connectivity index (χ0v) is 10.8. The topological polar surface area (TPSA) is 80.0 Å². The van der Waals surface area contributed by atoms with Gasteiger partial charge in [-0.25, -0.2) is 0 Å². The van der Waals surface area contributed by atoms with Gasteiger partial charge in [0.05, 0.1) is 11.3 Å². The van der Waals surface area contributed by atoms with Crippen LogP contribution in [0.1, 0.15) is 21.5 Å².